The van der Waals surface area contributed by atoms with E-state index in [-0.39, 0.29) is 37.8 Å². The lowest BCUT2D eigenvalue weighted by Crippen LogP contribution is -2.57. The predicted octanol–water partition coefficient (Wildman–Crippen LogP) is 5.05. The smallest absolute Gasteiger partial charge is 0.321 e. The molecule has 14 heteroatoms. The molecule has 0 spiro atoms. The number of carbonyl (C=O) groups is 3. The van der Waals surface area contributed by atoms with Crippen molar-refractivity contribution in [2.45, 2.75) is 24.3 Å². The summed E-state index contributed by atoms with van der Waals surface area (Å²) in [6, 6.07) is 15.3. The Hall–Kier alpha value is -3.84. The second-order valence-electron chi connectivity index (χ2n) is 10.7. The summed E-state index contributed by atoms with van der Waals surface area (Å²) in [6.45, 7) is 5.58. The van der Waals surface area contributed by atoms with Gasteiger partial charge in [0, 0.05) is 60.1 Å². The number of urea groups is 2. The molecule has 5 amide bonds. The number of nitrogens with one attached hydrogen (secondary N) is 2. The third-order valence-corrected chi connectivity index (χ3v) is 9.86. The predicted molar refractivity (Wildman–Crippen MR) is 176 cm³/mol. The highest BCUT2D eigenvalue weighted by Gasteiger charge is 2.58. The first kappa shape index (κ1) is 34.0. The van der Waals surface area contributed by atoms with Gasteiger partial charge in [0.25, 0.3) is 15.9 Å². The maximum Gasteiger partial charge on any atom is 0.321 e. The number of nitrogens with zero attached hydrogens (tertiary/aromatic N) is 4. The summed E-state index contributed by atoms with van der Waals surface area (Å²) < 4.78 is 29.2. The Labute approximate surface area is 273 Å². The van der Waals surface area contributed by atoms with Gasteiger partial charge in [-0.2, -0.15) is 4.31 Å². The van der Waals surface area contributed by atoms with Crippen LogP contribution in [0.1, 0.15) is 25.0 Å². The molecule has 0 saturated carbocycles. The fourth-order valence-corrected chi connectivity index (χ4v) is 6.97. The summed E-state index contributed by atoms with van der Waals surface area (Å²) in [6.07, 6.45) is 0. The molecule has 0 fully saturated rings. The summed E-state index contributed by atoms with van der Waals surface area (Å²) in [5.74, 6) is -0.957. The minimum atomic E-state index is -4.55. The number of hydrogen-bond donors (Lipinski definition) is 2. The topological polar surface area (TPSA) is 122 Å². The molecule has 240 valence electrons. The van der Waals surface area contributed by atoms with E-state index in [0.29, 0.717) is 36.2 Å². The van der Waals surface area contributed by atoms with E-state index >= 15 is 0 Å². The Kier molecular flexibility index (Phi) is 10.3. The van der Waals surface area contributed by atoms with E-state index in [2.05, 4.69) is 10.6 Å². The lowest BCUT2D eigenvalue weighted by atomic mass is 9.83. The minimum absolute atomic E-state index is 0.0134. The molecule has 45 heavy (non-hydrogen) atoms. The number of rotatable bonds is 10. The van der Waals surface area contributed by atoms with Gasteiger partial charge >= 0.3 is 12.1 Å². The van der Waals surface area contributed by atoms with Gasteiger partial charge in [-0.05, 0) is 76.5 Å². The fraction of sp³-hybridized carbons (Fsp3) is 0.323. The Morgan fingerprint density at radius 3 is 2.11 bits per heavy atom. The molecule has 0 aromatic heterocycles. The Balaban J connectivity index is 1.82. The van der Waals surface area contributed by atoms with E-state index in [4.69, 9.17) is 23.2 Å². The van der Waals surface area contributed by atoms with Crippen LogP contribution in [0, 0.1) is 0 Å². The Bertz CT molecular complexity index is 1700. The molecule has 3 aromatic rings. The lowest BCUT2D eigenvalue weighted by Gasteiger charge is -2.33. The van der Waals surface area contributed by atoms with Gasteiger partial charge in [0.05, 0.1) is 10.6 Å². The minimum Gasteiger partial charge on any atom is -0.327 e. The van der Waals surface area contributed by atoms with Gasteiger partial charge in [0.1, 0.15) is 0 Å². The molecule has 1 atom stereocenters. The number of fused-ring (bicyclic) bond motifs is 1. The molecule has 1 aliphatic rings. The number of carbonyl (C=O) groups excluding carboxylic acids is 3. The van der Waals surface area contributed by atoms with Crippen molar-refractivity contribution in [1.29, 1.82) is 0 Å². The molecule has 0 saturated heterocycles. The zero-order chi connectivity index (χ0) is 33.1. The highest BCUT2D eigenvalue weighted by molar-refractivity contribution is 7.93. The van der Waals surface area contributed by atoms with Crippen molar-refractivity contribution < 1.29 is 22.8 Å². The largest absolute Gasteiger partial charge is 0.327 e. The molecule has 3 aromatic carbocycles. The summed E-state index contributed by atoms with van der Waals surface area (Å²) in [5.41, 5.74) is -1.31. The normalized spacial score (nSPS) is 16.0. The summed E-state index contributed by atoms with van der Waals surface area (Å²) in [4.78, 5) is 45.5. The van der Waals surface area contributed by atoms with Gasteiger partial charge in [0.15, 0.2) is 5.54 Å². The standard InChI is InChI=1S/C31H36Cl2N6O5S/c1-6-38(7-2)29(41)34-22-13-15-23(16-14-22)45(43,44)39-27-17-12-21(32)20-25(27)31(28(39)40,24-10-8-9-11-26(24)33)35-30(42)37(5)19-18-36(3)4/h8-17,20H,6-7,18-19H2,1-5H3,(H,34,41)(H,35,42). The van der Waals surface area contributed by atoms with Crippen molar-refractivity contribution in [1.82, 2.24) is 20.0 Å². The fourth-order valence-electron chi connectivity index (χ4n) is 5.05. The van der Waals surface area contributed by atoms with Crippen molar-refractivity contribution in [3.05, 3.63) is 87.9 Å². The van der Waals surface area contributed by atoms with E-state index in [9.17, 15) is 22.8 Å². The zero-order valence-electron chi connectivity index (χ0n) is 25.7. The monoisotopic (exact) mass is 674 g/mol. The van der Waals surface area contributed by atoms with E-state index in [1.54, 1.807) is 36.2 Å². The quantitative estimate of drug-likeness (QED) is 0.310. The van der Waals surface area contributed by atoms with E-state index in [1.165, 1.54) is 47.4 Å². The third kappa shape index (κ3) is 6.60. The van der Waals surface area contributed by atoms with Crippen LogP contribution in [0.5, 0.6) is 0 Å². The van der Waals surface area contributed by atoms with Crippen LogP contribution in [0.4, 0.5) is 21.0 Å². The van der Waals surface area contributed by atoms with Crippen LogP contribution in [0.15, 0.2) is 71.6 Å². The number of sulfonamides is 1. The second-order valence-corrected chi connectivity index (χ2v) is 13.4. The van der Waals surface area contributed by atoms with E-state index in [0.717, 1.165) is 0 Å². The van der Waals surface area contributed by atoms with E-state index < -0.39 is 27.5 Å². The van der Waals surface area contributed by atoms with E-state index in [1.807, 2.05) is 32.8 Å². The molecule has 0 radical (unpaired) electrons. The maximum atomic E-state index is 14.7. The third-order valence-electron chi connectivity index (χ3n) is 7.58. The Morgan fingerprint density at radius 2 is 1.51 bits per heavy atom. The maximum absolute atomic E-state index is 14.7. The van der Waals surface area contributed by atoms with Gasteiger partial charge in [-0.25, -0.2) is 18.0 Å². The highest BCUT2D eigenvalue weighted by Crippen LogP contribution is 2.49. The number of benzene rings is 3. The molecule has 1 unspecified atom stereocenters. The lowest BCUT2D eigenvalue weighted by molar-refractivity contribution is -0.121. The molecule has 0 aliphatic carbocycles. The van der Waals surface area contributed by atoms with Crippen LogP contribution in [0.25, 0.3) is 0 Å². The summed E-state index contributed by atoms with van der Waals surface area (Å²) in [5, 5.41) is 5.93. The average Bonchev–Trinajstić information content (AvgIpc) is 3.24. The average molecular weight is 676 g/mol. The van der Waals surface area contributed by atoms with Crippen molar-refractivity contribution in [2.24, 2.45) is 0 Å². The highest BCUT2D eigenvalue weighted by atomic mass is 35.5. The number of amides is 5. The van der Waals surface area contributed by atoms with Crippen LogP contribution in [0.2, 0.25) is 10.0 Å². The van der Waals surface area contributed by atoms with Gasteiger partial charge < -0.3 is 25.3 Å². The number of anilines is 2. The van der Waals surface area contributed by atoms with Gasteiger partial charge in [-0.15, -0.1) is 0 Å². The SMILES string of the molecule is CCN(CC)C(=O)Nc1ccc(S(=O)(=O)N2C(=O)C(NC(=O)N(C)CCN(C)C)(c3ccccc3Cl)c3cc(Cl)ccc32)cc1. The molecule has 1 heterocycles. The molecule has 11 nitrogen and oxygen atoms in total. The van der Waals surface area contributed by atoms with Crippen molar-refractivity contribution >= 4 is 62.6 Å². The van der Waals surface area contributed by atoms with Crippen LogP contribution >= 0.6 is 23.2 Å². The first-order chi connectivity index (χ1) is 21.3. The van der Waals surface area contributed by atoms with Gasteiger partial charge in [-0.3, -0.25) is 4.79 Å². The zero-order valence-corrected chi connectivity index (χ0v) is 28.0. The second kappa shape index (κ2) is 13.7. The number of hydrogen-bond acceptors (Lipinski definition) is 6. The van der Waals surface area contributed by atoms with Gasteiger partial charge in [-0.1, -0.05) is 41.4 Å². The van der Waals surface area contributed by atoms with Gasteiger partial charge in [0.2, 0.25) is 0 Å². The van der Waals surface area contributed by atoms with Crippen LogP contribution < -0.4 is 14.9 Å². The number of likely N-dealkylation sites (N-methyl/N-ethyl adjacent to an activating group) is 2. The first-order valence-corrected chi connectivity index (χ1v) is 16.5. The van der Waals surface area contributed by atoms with Crippen molar-refractivity contribution in [2.75, 3.05) is 56.9 Å². The van der Waals surface area contributed by atoms with Crippen molar-refractivity contribution in [3.8, 4) is 0 Å². The van der Waals surface area contributed by atoms with Crippen LogP contribution in [-0.4, -0.2) is 88.4 Å². The summed E-state index contributed by atoms with van der Waals surface area (Å²) >= 11 is 13.1. The molecule has 1 aliphatic heterocycles. The molecule has 2 N–H and O–H groups in total. The Morgan fingerprint density at radius 1 is 0.867 bits per heavy atom. The van der Waals surface area contributed by atoms with Crippen molar-refractivity contribution in [3.63, 3.8) is 0 Å². The molecule has 4 rings (SSSR count). The number of halogens is 2. The molecular weight excluding hydrogens is 639 g/mol. The molecule has 0 bridgehead atoms. The molecular formula is C31H36Cl2N6O5S. The first-order valence-electron chi connectivity index (χ1n) is 14.3. The van der Waals surface area contributed by atoms with Crippen LogP contribution in [-0.2, 0) is 20.4 Å². The van der Waals surface area contributed by atoms with Crippen LogP contribution in [0.3, 0.4) is 0 Å². The summed E-state index contributed by atoms with van der Waals surface area (Å²) in [7, 11) is 0.755.